The Morgan fingerprint density at radius 1 is 1.14 bits per heavy atom. The lowest BCUT2D eigenvalue weighted by Gasteiger charge is -2.56. The summed E-state index contributed by atoms with van der Waals surface area (Å²) >= 11 is 0. The molecule has 1 aromatic heterocycles. The van der Waals surface area contributed by atoms with E-state index in [1.54, 1.807) is 0 Å². The van der Waals surface area contributed by atoms with Crippen LogP contribution in [0.25, 0.3) is 11.3 Å². The highest BCUT2D eigenvalue weighted by Gasteiger charge is 2.54. The van der Waals surface area contributed by atoms with Gasteiger partial charge < -0.3 is 5.73 Å². The number of nitrogen functional groups attached to an aromatic ring is 1. The van der Waals surface area contributed by atoms with Crippen LogP contribution in [0.4, 0.5) is 5.95 Å². The summed E-state index contributed by atoms with van der Waals surface area (Å²) < 4.78 is 0. The van der Waals surface area contributed by atoms with Gasteiger partial charge in [0.2, 0.25) is 5.95 Å². The summed E-state index contributed by atoms with van der Waals surface area (Å²) in [5, 5.41) is 0. The van der Waals surface area contributed by atoms with Crippen LogP contribution < -0.4 is 5.73 Å². The zero-order valence-corrected chi connectivity index (χ0v) is 12.9. The average Bonchev–Trinajstić information content (AvgIpc) is 2.46. The van der Waals surface area contributed by atoms with Gasteiger partial charge in [0.05, 0.1) is 11.4 Å². The van der Waals surface area contributed by atoms with Gasteiger partial charge in [0.15, 0.2) is 0 Å². The zero-order valence-electron chi connectivity index (χ0n) is 12.9. The highest BCUT2D eigenvalue weighted by Crippen LogP contribution is 2.62. The summed E-state index contributed by atoms with van der Waals surface area (Å²) in [7, 11) is 0. The Labute approximate surface area is 125 Å². The maximum Gasteiger partial charge on any atom is 0.220 e. The molecule has 3 heteroatoms. The second kappa shape index (κ2) is 4.06. The SMILES string of the molecule is Cc1ccc(-c2nc(N)nc3c2CC2CC3C2(C)C)cc1. The number of anilines is 1. The second-order valence-electron chi connectivity index (χ2n) is 7.17. The van der Waals surface area contributed by atoms with Gasteiger partial charge in [0.25, 0.3) is 0 Å². The highest BCUT2D eigenvalue weighted by molar-refractivity contribution is 5.67. The van der Waals surface area contributed by atoms with Crippen molar-refractivity contribution >= 4 is 5.95 Å². The summed E-state index contributed by atoms with van der Waals surface area (Å²) in [6.07, 6.45) is 2.34. The number of benzene rings is 1. The van der Waals surface area contributed by atoms with Crippen molar-refractivity contribution in [2.75, 3.05) is 5.73 Å². The van der Waals surface area contributed by atoms with E-state index in [4.69, 9.17) is 5.73 Å². The molecule has 1 saturated carbocycles. The lowest BCUT2D eigenvalue weighted by Crippen LogP contribution is -2.48. The van der Waals surface area contributed by atoms with Gasteiger partial charge in [0.1, 0.15) is 0 Å². The smallest absolute Gasteiger partial charge is 0.220 e. The molecule has 2 unspecified atom stereocenters. The lowest BCUT2D eigenvalue weighted by atomic mass is 9.48. The fourth-order valence-corrected chi connectivity index (χ4v) is 4.03. The van der Waals surface area contributed by atoms with Crippen LogP contribution in [0.3, 0.4) is 0 Å². The Kier molecular flexibility index (Phi) is 2.48. The molecule has 3 aliphatic carbocycles. The summed E-state index contributed by atoms with van der Waals surface area (Å²) in [6, 6.07) is 8.55. The van der Waals surface area contributed by atoms with Crippen LogP contribution >= 0.6 is 0 Å². The van der Waals surface area contributed by atoms with E-state index in [9.17, 15) is 0 Å². The molecule has 3 aliphatic rings. The minimum atomic E-state index is 0.359. The number of hydrogen-bond acceptors (Lipinski definition) is 3. The number of hydrogen-bond donors (Lipinski definition) is 1. The minimum Gasteiger partial charge on any atom is -0.368 e. The van der Waals surface area contributed by atoms with E-state index in [1.165, 1.54) is 23.2 Å². The van der Waals surface area contributed by atoms with E-state index >= 15 is 0 Å². The van der Waals surface area contributed by atoms with Crippen molar-refractivity contribution in [2.45, 2.75) is 39.5 Å². The van der Waals surface area contributed by atoms with Crippen molar-refractivity contribution in [1.82, 2.24) is 9.97 Å². The molecule has 0 spiro atoms. The first-order valence-electron chi connectivity index (χ1n) is 7.70. The second-order valence-corrected chi connectivity index (χ2v) is 7.17. The Hall–Kier alpha value is -1.90. The topological polar surface area (TPSA) is 51.8 Å². The summed E-state index contributed by atoms with van der Waals surface area (Å²) in [4.78, 5) is 9.15. The van der Waals surface area contributed by atoms with Gasteiger partial charge in [-0.1, -0.05) is 43.7 Å². The summed E-state index contributed by atoms with van der Waals surface area (Å²) in [6.45, 7) is 6.82. The number of rotatable bonds is 1. The van der Waals surface area contributed by atoms with Crippen molar-refractivity contribution in [2.24, 2.45) is 11.3 Å². The van der Waals surface area contributed by atoms with Gasteiger partial charge in [-0.15, -0.1) is 0 Å². The Bertz CT molecular complexity index is 716. The first kappa shape index (κ1) is 12.8. The number of nitrogens with zero attached hydrogens (tertiary/aromatic N) is 2. The fraction of sp³-hybridized carbons (Fsp3) is 0.444. The van der Waals surface area contributed by atoms with Crippen molar-refractivity contribution in [1.29, 1.82) is 0 Å². The molecule has 21 heavy (non-hydrogen) atoms. The van der Waals surface area contributed by atoms with Crippen molar-refractivity contribution in [3.05, 3.63) is 41.1 Å². The Morgan fingerprint density at radius 2 is 1.86 bits per heavy atom. The standard InChI is InChI=1S/C18H21N3/c1-10-4-6-11(7-5-10)15-13-8-12-9-14(18(12,2)3)16(13)21-17(19)20-15/h4-7,12,14H,8-9H2,1-3H3,(H2,19,20,21). The molecule has 0 amide bonds. The molecule has 2 bridgehead atoms. The molecule has 5 rings (SSSR count). The third kappa shape index (κ3) is 1.73. The first-order valence-corrected chi connectivity index (χ1v) is 7.70. The van der Waals surface area contributed by atoms with Crippen LogP contribution in [0, 0.1) is 18.3 Å². The van der Waals surface area contributed by atoms with E-state index in [0.717, 1.165) is 23.6 Å². The van der Waals surface area contributed by atoms with Crippen molar-refractivity contribution in [3.8, 4) is 11.3 Å². The Balaban J connectivity index is 1.89. The summed E-state index contributed by atoms with van der Waals surface area (Å²) in [5.41, 5.74) is 12.3. The third-order valence-electron chi connectivity index (χ3n) is 5.63. The van der Waals surface area contributed by atoms with Crippen molar-refractivity contribution < 1.29 is 0 Å². The first-order chi connectivity index (χ1) is 9.96. The molecule has 1 fully saturated rings. The van der Waals surface area contributed by atoms with E-state index in [0.29, 0.717) is 17.3 Å². The van der Waals surface area contributed by atoms with Crippen LogP contribution in [0.2, 0.25) is 0 Å². The molecule has 1 heterocycles. The lowest BCUT2D eigenvalue weighted by molar-refractivity contribution is 0.0156. The zero-order chi connectivity index (χ0) is 14.8. The van der Waals surface area contributed by atoms with Crippen LogP contribution in [0.15, 0.2) is 24.3 Å². The maximum absolute atomic E-state index is 6.00. The molecule has 2 aromatic rings. The largest absolute Gasteiger partial charge is 0.368 e. The van der Waals surface area contributed by atoms with Crippen molar-refractivity contribution in [3.63, 3.8) is 0 Å². The highest BCUT2D eigenvalue weighted by atomic mass is 15.0. The molecule has 0 aliphatic heterocycles. The molecule has 3 nitrogen and oxygen atoms in total. The quantitative estimate of drug-likeness (QED) is 0.865. The average molecular weight is 279 g/mol. The normalized spacial score (nSPS) is 25.1. The number of aryl methyl sites for hydroxylation is 1. The van der Waals surface area contributed by atoms with Gasteiger partial charge in [-0.25, -0.2) is 9.97 Å². The van der Waals surface area contributed by atoms with Crippen LogP contribution in [-0.4, -0.2) is 9.97 Å². The van der Waals surface area contributed by atoms with Crippen LogP contribution in [0.1, 0.15) is 43.0 Å². The van der Waals surface area contributed by atoms with E-state index < -0.39 is 0 Å². The van der Waals surface area contributed by atoms with E-state index in [1.807, 2.05) is 0 Å². The molecule has 1 aromatic carbocycles. The van der Waals surface area contributed by atoms with Gasteiger partial charge in [-0.3, -0.25) is 0 Å². The predicted molar refractivity (Wildman–Crippen MR) is 85.0 cm³/mol. The molecule has 2 N–H and O–H groups in total. The predicted octanol–water partition coefficient (Wildman–Crippen LogP) is 3.72. The van der Waals surface area contributed by atoms with E-state index in [-0.39, 0.29) is 0 Å². The third-order valence-corrected chi connectivity index (χ3v) is 5.63. The van der Waals surface area contributed by atoms with Gasteiger partial charge >= 0.3 is 0 Å². The maximum atomic E-state index is 6.00. The fourth-order valence-electron chi connectivity index (χ4n) is 4.03. The van der Waals surface area contributed by atoms with E-state index in [2.05, 4.69) is 55.0 Å². The van der Waals surface area contributed by atoms with Gasteiger partial charge in [-0.2, -0.15) is 0 Å². The molecular weight excluding hydrogens is 258 g/mol. The molecule has 2 atom stereocenters. The molecular formula is C18H21N3. The summed E-state index contributed by atoms with van der Waals surface area (Å²) in [5.74, 6) is 1.71. The number of aromatic nitrogens is 2. The molecule has 108 valence electrons. The van der Waals surface area contributed by atoms with Gasteiger partial charge in [0, 0.05) is 17.0 Å². The Morgan fingerprint density at radius 3 is 2.52 bits per heavy atom. The molecule has 0 saturated heterocycles. The van der Waals surface area contributed by atoms with Crippen LogP contribution in [0.5, 0.6) is 0 Å². The number of nitrogens with two attached hydrogens (primary N) is 1. The minimum absolute atomic E-state index is 0.359. The monoisotopic (exact) mass is 279 g/mol. The van der Waals surface area contributed by atoms with Crippen LogP contribution in [-0.2, 0) is 6.42 Å². The van der Waals surface area contributed by atoms with Gasteiger partial charge in [-0.05, 0) is 31.1 Å². The molecule has 0 radical (unpaired) electrons.